The van der Waals surface area contributed by atoms with Crippen LogP contribution in [-0.4, -0.2) is 28.2 Å². The molecule has 1 N–H and O–H groups in total. The predicted molar refractivity (Wildman–Crippen MR) is 94.2 cm³/mol. The lowest BCUT2D eigenvalue weighted by Gasteiger charge is -2.09. The highest BCUT2D eigenvalue weighted by Gasteiger charge is 2.08. The Hall–Kier alpha value is -2.89. The zero-order valence-electron chi connectivity index (χ0n) is 14.0. The van der Waals surface area contributed by atoms with Crippen molar-refractivity contribution in [3.05, 3.63) is 60.2 Å². The molecule has 0 atom stereocenters. The minimum atomic E-state index is 0.231. The van der Waals surface area contributed by atoms with E-state index in [1.807, 2.05) is 68.5 Å². The number of anilines is 1. The number of nitrogens with one attached hydrogen (secondary N) is 1. The van der Waals surface area contributed by atoms with Gasteiger partial charge in [-0.25, -0.2) is 0 Å². The summed E-state index contributed by atoms with van der Waals surface area (Å²) in [4.78, 5) is 12.7. The third kappa shape index (κ3) is 6.08. The summed E-state index contributed by atoms with van der Waals surface area (Å²) in [6.45, 7) is 5.25. The van der Waals surface area contributed by atoms with Crippen LogP contribution in [-0.2, 0) is 6.54 Å². The van der Waals surface area contributed by atoms with E-state index in [-0.39, 0.29) is 12.0 Å². The maximum absolute atomic E-state index is 5.50. The third-order valence-corrected chi connectivity index (χ3v) is 2.98. The fourth-order valence-electron chi connectivity index (χ4n) is 1.76. The van der Waals surface area contributed by atoms with Crippen LogP contribution >= 0.6 is 0 Å². The molecular formula is C18H22N4O2. The van der Waals surface area contributed by atoms with E-state index in [0.29, 0.717) is 25.7 Å². The van der Waals surface area contributed by atoms with Gasteiger partial charge in [-0.3, -0.25) is 0 Å². The summed E-state index contributed by atoms with van der Waals surface area (Å²) in [5.74, 6) is 0.416. The Balaban J connectivity index is 2.08. The Morgan fingerprint density at radius 2 is 1.46 bits per heavy atom. The molecule has 0 amide bonds. The minimum Gasteiger partial charge on any atom is -0.459 e. The van der Waals surface area contributed by atoms with Gasteiger partial charge >= 0.3 is 12.0 Å². The second-order valence-corrected chi connectivity index (χ2v) is 4.82. The molecule has 0 radical (unpaired) electrons. The Kier molecular flexibility index (Phi) is 7.27. The Morgan fingerprint density at radius 1 is 0.875 bits per heavy atom. The van der Waals surface area contributed by atoms with E-state index >= 15 is 0 Å². The molecule has 126 valence electrons. The Morgan fingerprint density at radius 3 is 2.00 bits per heavy atom. The molecule has 6 nitrogen and oxygen atoms in total. The summed E-state index contributed by atoms with van der Waals surface area (Å²) in [5.41, 5.74) is 1.13. The first-order valence-corrected chi connectivity index (χ1v) is 7.83. The van der Waals surface area contributed by atoms with Crippen LogP contribution in [0.3, 0.4) is 0 Å². The lowest BCUT2D eigenvalue weighted by molar-refractivity contribution is 0.298. The van der Waals surface area contributed by atoms with Crippen molar-refractivity contribution >= 4 is 5.95 Å². The normalized spacial score (nSPS) is 11.1. The van der Waals surface area contributed by atoms with Crippen molar-refractivity contribution in [3.63, 3.8) is 0 Å². The van der Waals surface area contributed by atoms with Gasteiger partial charge in [-0.05, 0) is 19.4 Å². The molecule has 0 aliphatic carbocycles. The molecule has 2 rings (SSSR count). The first-order valence-electron chi connectivity index (χ1n) is 7.83. The summed E-state index contributed by atoms with van der Waals surface area (Å²) in [5, 5.41) is 3.16. The molecule has 0 fully saturated rings. The van der Waals surface area contributed by atoms with Gasteiger partial charge in [0.1, 0.15) is 13.2 Å². The first kappa shape index (κ1) is 17.5. The number of allylic oxidation sites excluding steroid dienone is 2. The first-order chi connectivity index (χ1) is 11.8. The quantitative estimate of drug-likeness (QED) is 0.712. The van der Waals surface area contributed by atoms with Crippen LogP contribution in [0.2, 0.25) is 0 Å². The second kappa shape index (κ2) is 9.99. The smallest absolute Gasteiger partial charge is 0.324 e. The summed E-state index contributed by atoms with van der Waals surface area (Å²) >= 11 is 0. The van der Waals surface area contributed by atoms with Crippen LogP contribution in [0.4, 0.5) is 5.95 Å². The molecule has 0 bridgehead atoms. The summed E-state index contributed by atoms with van der Waals surface area (Å²) in [6, 6.07) is 10.5. The highest BCUT2D eigenvalue weighted by molar-refractivity contribution is 5.30. The van der Waals surface area contributed by atoms with Crippen LogP contribution in [0.5, 0.6) is 12.0 Å². The van der Waals surface area contributed by atoms with E-state index in [2.05, 4.69) is 20.3 Å². The minimum absolute atomic E-state index is 0.231. The number of hydrogen-bond donors (Lipinski definition) is 1. The molecule has 0 saturated heterocycles. The molecule has 0 aliphatic heterocycles. The van der Waals surface area contributed by atoms with Crippen molar-refractivity contribution in [3.8, 4) is 12.0 Å². The number of ether oxygens (including phenoxy) is 2. The van der Waals surface area contributed by atoms with Crippen molar-refractivity contribution in [2.24, 2.45) is 0 Å². The highest BCUT2D eigenvalue weighted by Crippen LogP contribution is 2.14. The lowest BCUT2D eigenvalue weighted by Crippen LogP contribution is -2.09. The van der Waals surface area contributed by atoms with E-state index in [4.69, 9.17) is 9.47 Å². The molecule has 0 spiro atoms. The van der Waals surface area contributed by atoms with Gasteiger partial charge in [0.15, 0.2) is 0 Å². The standard InChI is InChI=1S/C18H22N4O2/c1-3-5-12-23-17-20-16(19-14-15-10-8-7-9-11-15)21-18(22-17)24-13-6-4-2/h3-11H,12-14H2,1-2H3,(H,19,20,21,22)/b5-3+,6-4+. The average molecular weight is 326 g/mol. The molecule has 0 aliphatic rings. The summed E-state index contributed by atoms with van der Waals surface area (Å²) in [7, 11) is 0. The Bertz CT molecular complexity index is 638. The number of rotatable bonds is 9. The molecule has 1 heterocycles. The SMILES string of the molecule is C/C=C/COc1nc(NCc2ccccc2)nc(OC/C=C/C)n1. The summed E-state index contributed by atoms with van der Waals surface area (Å²) in [6.07, 6.45) is 7.56. The van der Waals surface area contributed by atoms with Gasteiger partial charge in [-0.2, -0.15) is 9.97 Å². The maximum atomic E-state index is 5.50. The monoisotopic (exact) mass is 326 g/mol. The van der Waals surface area contributed by atoms with E-state index < -0.39 is 0 Å². The highest BCUT2D eigenvalue weighted by atomic mass is 16.5. The number of hydrogen-bond acceptors (Lipinski definition) is 6. The molecule has 1 aromatic heterocycles. The van der Waals surface area contributed by atoms with Gasteiger partial charge in [0, 0.05) is 6.54 Å². The van der Waals surface area contributed by atoms with Gasteiger partial charge in [0.2, 0.25) is 5.95 Å². The van der Waals surface area contributed by atoms with E-state index in [0.717, 1.165) is 5.56 Å². The maximum Gasteiger partial charge on any atom is 0.324 e. The van der Waals surface area contributed by atoms with Gasteiger partial charge in [-0.1, -0.05) is 54.6 Å². The van der Waals surface area contributed by atoms with Crippen molar-refractivity contribution in [2.75, 3.05) is 18.5 Å². The molecule has 0 saturated carbocycles. The molecule has 6 heteroatoms. The van der Waals surface area contributed by atoms with Crippen LogP contribution in [0, 0.1) is 0 Å². The van der Waals surface area contributed by atoms with Gasteiger partial charge in [-0.15, -0.1) is 4.98 Å². The number of aromatic nitrogens is 3. The molecule has 2 aromatic rings. The van der Waals surface area contributed by atoms with Crippen LogP contribution in [0.25, 0.3) is 0 Å². The third-order valence-electron chi connectivity index (χ3n) is 2.98. The molecule has 1 aromatic carbocycles. The van der Waals surface area contributed by atoms with E-state index in [1.54, 1.807) is 0 Å². The second-order valence-electron chi connectivity index (χ2n) is 4.82. The fourth-order valence-corrected chi connectivity index (χ4v) is 1.76. The van der Waals surface area contributed by atoms with Crippen molar-refractivity contribution in [1.82, 2.24) is 15.0 Å². The van der Waals surface area contributed by atoms with Crippen molar-refractivity contribution in [1.29, 1.82) is 0 Å². The van der Waals surface area contributed by atoms with Gasteiger partial charge < -0.3 is 14.8 Å². The van der Waals surface area contributed by atoms with Crippen molar-refractivity contribution < 1.29 is 9.47 Å². The molecular weight excluding hydrogens is 304 g/mol. The lowest BCUT2D eigenvalue weighted by atomic mass is 10.2. The Labute approximate surface area is 142 Å². The van der Waals surface area contributed by atoms with Gasteiger partial charge in [0.05, 0.1) is 0 Å². The fraction of sp³-hybridized carbons (Fsp3) is 0.278. The molecule has 24 heavy (non-hydrogen) atoms. The van der Waals surface area contributed by atoms with E-state index in [1.165, 1.54) is 0 Å². The zero-order chi connectivity index (χ0) is 17.0. The van der Waals surface area contributed by atoms with Crippen molar-refractivity contribution in [2.45, 2.75) is 20.4 Å². The largest absolute Gasteiger partial charge is 0.459 e. The molecule has 0 unspecified atom stereocenters. The predicted octanol–water partition coefficient (Wildman–Crippen LogP) is 3.39. The summed E-state index contributed by atoms with van der Waals surface area (Å²) < 4.78 is 11.0. The van der Waals surface area contributed by atoms with Gasteiger partial charge in [0.25, 0.3) is 0 Å². The average Bonchev–Trinajstić information content (AvgIpc) is 2.61. The van der Waals surface area contributed by atoms with Crippen LogP contribution in [0.1, 0.15) is 19.4 Å². The zero-order valence-corrected chi connectivity index (χ0v) is 14.0. The topological polar surface area (TPSA) is 69.2 Å². The van der Waals surface area contributed by atoms with E-state index in [9.17, 15) is 0 Å². The van der Waals surface area contributed by atoms with Crippen LogP contribution in [0.15, 0.2) is 54.6 Å². The van der Waals surface area contributed by atoms with Crippen LogP contribution < -0.4 is 14.8 Å². The number of benzene rings is 1. The number of nitrogens with zero attached hydrogens (tertiary/aromatic N) is 3.